The fourth-order valence-corrected chi connectivity index (χ4v) is 3.08. The van der Waals surface area contributed by atoms with Crippen LogP contribution in [0.2, 0.25) is 0 Å². The highest BCUT2D eigenvalue weighted by Gasteiger charge is 2.09. The van der Waals surface area contributed by atoms with Crippen LogP contribution in [0.5, 0.6) is 11.5 Å². The molecule has 2 aromatic carbocycles. The van der Waals surface area contributed by atoms with Crippen LogP contribution in [0.1, 0.15) is 30.5 Å². The van der Waals surface area contributed by atoms with E-state index >= 15 is 0 Å². The van der Waals surface area contributed by atoms with Gasteiger partial charge in [0.05, 0.1) is 20.8 Å². The molecule has 0 fully saturated rings. The van der Waals surface area contributed by atoms with Crippen molar-refractivity contribution in [2.45, 2.75) is 33.1 Å². The Morgan fingerprint density at radius 1 is 0.963 bits per heavy atom. The standard InChI is InChI=1S/C22H30N2O3/c1-5-17-8-7-9-18(6-2)22(17)24-15-21(25)23-13-12-16-10-11-19(26-3)20(14-16)27-4/h7-11,14,24H,5-6,12-13,15H2,1-4H3,(H,23,25). The normalized spacial score (nSPS) is 10.4. The number of anilines is 1. The SMILES string of the molecule is CCc1cccc(CC)c1NCC(=O)NCCc1ccc(OC)c(OC)c1. The van der Waals surface area contributed by atoms with E-state index < -0.39 is 0 Å². The molecule has 0 aliphatic rings. The molecule has 0 unspecified atom stereocenters. The number of ether oxygens (including phenoxy) is 2. The van der Waals surface area contributed by atoms with Crippen molar-refractivity contribution in [1.29, 1.82) is 0 Å². The Bertz CT molecular complexity index is 737. The Morgan fingerprint density at radius 3 is 2.22 bits per heavy atom. The number of rotatable bonds is 10. The molecule has 2 aromatic rings. The smallest absolute Gasteiger partial charge is 0.239 e. The zero-order valence-electron chi connectivity index (χ0n) is 16.7. The first-order chi connectivity index (χ1) is 13.1. The topological polar surface area (TPSA) is 59.6 Å². The average Bonchev–Trinajstić information content (AvgIpc) is 2.71. The minimum absolute atomic E-state index is 0.0107. The van der Waals surface area contributed by atoms with Crippen LogP contribution in [-0.2, 0) is 24.1 Å². The van der Waals surface area contributed by atoms with E-state index in [9.17, 15) is 4.79 Å². The van der Waals surface area contributed by atoms with Gasteiger partial charge in [0.1, 0.15) is 0 Å². The van der Waals surface area contributed by atoms with Gasteiger partial charge in [0.15, 0.2) is 11.5 Å². The van der Waals surface area contributed by atoms with Crippen LogP contribution in [0.4, 0.5) is 5.69 Å². The molecule has 0 bridgehead atoms. The number of aryl methyl sites for hydroxylation is 2. The summed E-state index contributed by atoms with van der Waals surface area (Å²) in [7, 11) is 3.24. The second-order valence-corrected chi connectivity index (χ2v) is 6.30. The Labute approximate surface area is 162 Å². The van der Waals surface area contributed by atoms with Crippen molar-refractivity contribution in [2.75, 3.05) is 32.6 Å². The van der Waals surface area contributed by atoms with E-state index in [1.165, 1.54) is 11.1 Å². The summed E-state index contributed by atoms with van der Waals surface area (Å²) in [5.41, 5.74) is 4.67. The van der Waals surface area contributed by atoms with Gasteiger partial charge in [-0.1, -0.05) is 38.1 Å². The van der Waals surface area contributed by atoms with E-state index in [1.54, 1.807) is 14.2 Å². The third-order valence-electron chi connectivity index (χ3n) is 4.61. The van der Waals surface area contributed by atoms with Crippen molar-refractivity contribution >= 4 is 11.6 Å². The molecule has 0 radical (unpaired) electrons. The number of carbonyl (C=O) groups excluding carboxylic acids is 1. The molecule has 1 amide bonds. The summed E-state index contributed by atoms with van der Waals surface area (Å²) in [4.78, 5) is 12.2. The molecule has 2 rings (SSSR count). The molecular formula is C22H30N2O3. The first kappa shape index (κ1) is 20.6. The number of benzene rings is 2. The van der Waals surface area contributed by atoms with Gasteiger partial charge < -0.3 is 20.1 Å². The van der Waals surface area contributed by atoms with Crippen LogP contribution in [-0.4, -0.2) is 33.2 Å². The molecule has 0 saturated heterocycles. The molecular weight excluding hydrogens is 340 g/mol. The van der Waals surface area contributed by atoms with Gasteiger partial charge in [-0.05, 0) is 48.1 Å². The lowest BCUT2D eigenvalue weighted by molar-refractivity contribution is -0.119. The summed E-state index contributed by atoms with van der Waals surface area (Å²) in [6, 6.07) is 12.1. The van der Waals surface area contributed by atoms with Crippen LogP contribution in [0.25, 0.3) is 0 Å². The van der Waals surface area contributed by atoms with Crippen molar-refractivity contribution in [3.63, 3.8) is 0 Å². The van der Waals surface area contributed by atoms with E-state index in [1.807, 2.05) is 18.2 Å². The van der Waals surface area contributed by atoms with Crippen molar-refractivity contribution in [3.05, 3.63) is 53.1 Å². The fourth-order valence-electron chi connectivity index (χ4n) is 3.08. The highest BCUT2D eigenvalue weighted by molar-refractivity contribution is 5.81. The highest BCUT2D eigenvalue weighted by atomic mass is 16.5. The minimum Gasteiger partial charge on any atom is -0.493 e. The van der Waals surface area contributed by atoms with Crippen molar-refractivity contribution < 1.29 is 14.3 Å². The number of para-hydroxylation sites is 1. The summed E-state index contributed by atoms with van der Waals surface area (Å²) in [5.74, 6) is 1.39. The van der Waals surface area contributed by atoms with Gasteiger partial charge in [-0.25, -0.2) is 0 Å². The quantitative estimate of drug-likeness (QED) is 0.671. The maximum atomic E-state index is 12.2. The van der Waals surface area contributed by atoms with Crippen molar-refractivity contribution in [2.24, 2.45) is 0 Å². The molecule has 27 heavy (non-hydrogen) atoms. The zero-order valence-corrected chi connectivity index (χ0v) is 16.7. The van der Waals surface area contributed by atoms with Gasteiger partial charge in [-0.15, -0.1) is 0 Å². The van der Waals surface area contributed by atoms with Gasteiger partial charge in [-0.3, -0.25) is 4.79 Å². The lowest BCUT2D eigenvalue weighted by Gasteiger charge is -2.15. The summed E-state index contributed by atoms with van der Waals surface area (Å²) in [6.07, 6.45) is 2.62. The second kappa shape index (κ2) is 10.5. The second-order valence-electron chi connectivity index (χ2n) is 6.30. The number of amides is 1. The van der Waals surface area contributed by atoms with E-state index in [2.05, 4.69) is 42.7 Å². The average molecular weight is 370 g/mol. The zero-order chi connectivity index (χ0) is 19.6. The molecule has 2 N–H and O–H groups in total. The van der Waals surface area contributed by atoms with E-state index in [4.69, 9.17) is 9.47 Å². The summed E-state index contributed by atoms with van der Waals surface area (Å²) in [5, 5.41) is 6.29. The van der Waals surface area contributed by atoms with E-state index in [-0.39, 0.29) is 12.5 Å². The third-order valence-corrected chi connectivity index (χ3v) is 4.61. The van der Waals surface area contributed by atoms with Crippen LogP contribution < -0.4 is 20.1 Å². The maximum Gasteiger partial charge on any atom is 0.239 e. The van der Waals surface area contributed by atoms with Gasteiger partial charge in [0.2, 0.25) is 5.91 Å². The minimum atomic E-state index is -0.0107. The molecule has 0 saturated carbocycles. The maximum absolute atomic E-state index is 12.2. The lowest BCUT2D eigenvalue weighted by Crippen LogP contribution is -2.31. The molecule has 5 nitrogen and oxygen atoms in total. The predicted octanol–water partition coefficient (Wildman–Crippen LogP) is 3.60. The predicted molar refractivity (Wildman–Crippen MR) is 110 cm³/mol. The molecule has 146 valence electrons. The lowest BCUT2D eigenvalue weighted by atomic mass is 10.0. The molecule has 0 aliphatic carbocycles. The van der Waals surface area contributed by atoms with Gasteiger partial charge in [0.25, 0.3) is 0 Å². The molecule has 5 heteroatoms. The third kappa shape index (κ3) is 5.64. The first-order valence-electron chi connectivity index (χ1n) is 9.45. The number of methoxy groups -OCH3 is 2. The van der Waals surface area contributed by atoms with E-state index in [0.717, 1.165) is 30.5 Å². The van der Waals surface area contributed by atoms with Crippen molar-refractivity contribution in [3.8, 4) is 11.5 Å². The monoisotopic (exact) mass is 370 g/mol. The molecule has 0 aliphatic heterocycles. The number of hydrogen-bond acceptors (Lipinski definition) is 4. The van der Waals surface area contributed by atoms with Crippen LogP contribution in [0, 0.1) is 0 Å². The van der Waals surface area contributed by atoms with Gasteiger partial charge in [-0.2, -0.15) is 0 Å². The molecule has 0 aromatic heterocycles. The van der Waals surface area contributed by atoms with Crippen molar-refractivity contribution in [1.82, 2.24) is 5.32 Å². The first-order valence-corrected chi connectivity index (χ1v) is 9.45. The Balaban J connectivity index is 1.85. The highest BCUT2D eigenvalue weighted by Crippen LogP contribution is 2.27. The number of hydrogen-bond donors (Lipinski definition) is 2. The van der Waals surface area contributed by atoms with Crippen LogP contribution in [0.3, 0.4) is 0 Å². The fraction of sp³-hybridized carbons (Fsp3) is 0.409. The van der Waals surface area contributed by atoms with Gasteiger partial charge in [0, 0.05) is 12.2 Å². The molecule has 0 atom stereocenters. The Morgan fingerprint density at radius 2 is 1.63 bits per heavy atom. The summed E-state index contributed by atoms with van der Waals surface area (Å²) >= 11 is 0. The van der Waals surface area contributed by atoms with E-state index in [0.29, 0.717) is 18.0 Å². The number of carbonyl (C=O) groups is 1. The Kier molecular flexibility index (Phi) is 7.99. The van der Waals surface area contributed by atoms with Gasteiger partial charge >= 0.3 is 0 Å². The molecule has 0 heterocycles. The summed E-state index contributed by atoms with van der Waals surface area (Å²) < 4.78 is 10.6. The van der Waals surface area contributed by atoms with Crippen LogP contribution >= 0.6 is 0 Å². The molecule has 0 spiro atoms. The number of nitrogens with one attached hydrogen (secondary N) is 2. The summed E-state index contributed by atoms with van der Waals surface area (Å²) in [6.45, 7) is 5.11. The Hall–Kier alpha value is -2.69. The van der Waals surface area contributed by atoms with Crippen LogP contribution in [0.15, 0.2) is 36.4 Å². The largest absolute Gasteiger partial charge is 0.493 e.